The summed E-state index contributed by atoms with van der Waals surface area (Å²) in [5.41, 5.74) is 5.00. The number of hydrogen-bond acceptors (Lipinski definition) is 7. The number of piperazine rings is 1. The lowest BCUT2D eigenvalue weighted by Gasteiger charge is -2.39. The summed E-state index contributed by atoms with van der Waals surface area (Å²) in [5, 5.41) is 9.68. The molecule has 0 unspecified atom stereocenters. The number of fused-ring (bicyclic) bond motifs is 1. The lowest BCUT2D eigenvalue weighted by molar-refractivity contribution is -0.131. The Labute approximate surface area is 220 Å². The van der Waals surface area contributed by atoms with Crippen molar-refractivity contribution in [2.24, 2.45) is 7.05 Å². The van der Waals surface area contributed by atoms with E-state index in [0.717, 1.165) is 27.9 Å². The molecule has 5 rings (SSSR count). The third-order valence-corrected chi connectivity index (χ3v) is 7.27. The zero-order chi connectivity index (χ0) is 27.0. The predicted octanol–water partition coefficient (Wildman–Crippen LogP) is 2.67. The van der Waals surface area contributed by atoms with Gasteiger partial charge in [-0.1, -0.05) is 12.1 Å². The number of amides is 1. The minimum absolute atomic E-state index is 0.0807. The lowest BCUT2D eigenvalue weighted by atomic mass is 10.1. The van der Waals surface area contributed by atoms with Crippen LogP contribution in [-0.2, 0) is 24.8 Å². The van der Waals surface area contributed by atoms with E-state index in [9.17, 15) is 9.59 Å². The highest BCUT2D eigenvalue weighted by Gasteiger charge is 2.26. The maximum absolute atomic E-state index is 13.0. The third kappa shape index (κ3) is 4.63. The largest absolute Gasteiger partial charge is 0.337 e. The highest BCUT2D eigenvalue weighted by Crippen LogP contribution is 2.25. The summed E-state index contributed by atoms with van der Waals surface area (Å²) in [5.74, 6) is 0.726. The Balaban J connectivity index is 1.44. The van der Waals surface area contributed by atoms with Crippen LogP contribution in [0.15, 0.2) is 47.5 Å². The van der Waals surface area contributed by atoms with Crippen LogP contribution in [-0.4, -0.2) is 60.8 Å². The van der Waals surface area contributed by atoms with Gasteiger partial charge in [0.2, 0.25) is 11.9 Å². The van der Waals surface area contributed by atoms with E-state index in [0.29, 0.717) is 43.2 Å². The number of aryl methyl sites for hydroxylation is 1. The van der Waals surface area contributed by atoms with Gasteiger partial charge in [-0.2, -0.15) is 5.26 Å². The Morgan fingerprint density at radius 2 is 1.89 bits per heavy atom. The van der Waals surface area contributed by atoms with E-state index < -0.39 is 0 Å². The molecule has 0 N–H and O–H groups in total. The summed E-state index contributed by atoms with van der Waals surface area (Å²) < 4.78 is 3.52. The Kier molecular flexibility index (Phi) is 6.68. The zero-order valence-corrected chi connectivity index (χ0v) is 22.0. The van der Waals surface area contributed by atoms with Crippen LogP contribution < -0.4 is 10.5 Å². The number of pyridine rings is 1. The average Bonchev–Trinajstić information content (AvgIpc) is 3.14. The maximum atomic E-state index is 13.0. The van der Waals surface area contributed by atoms with Crippen molar-refractivity contribution in [1.29, 1.82) is 5.26 Å². The molecule has 0 radical (unpaired) electrons. The van der Waals surface area contributed by atoms with Crippen molar-refractivity contribution in [3.05, 3.63) is 70.0 Å². The number of anilines is 1. The molecule has 4 heterocycles. The Hall–Kier alpha value is -4.52. The average molecular weight is 511 g/mol. The minimum Gasteiger partial charge on any atom is -0.337 e. The standard InChI is InChI=1S/C28H30N8O2/c1-18-5-7-23(9-10-29)32-25(18)17-36-26-13-21(6-8-24(26)27(38)33(36)4)22-14-30-28(31-15-22)34-11-12-35(20(3)37)19(2)16-34/h5-8,13-15,19H,9,11-12,16-17H2,1-4H3/t19-/m1/s1. The van der Waals surface area contributed by atoms with E-state index in [4.69, 9.17) is 5.26 Å². The van der Waals surface area contributed by atoms with Crippen molar-refractivity contribution in [3.8, 4) is 17.2 Å². The monoisotopic (exact) mass is 510 g/mol. The van der Waals surface area contributed by atoms with E-state index >= 15 is 0 Å². The molecular weight excluding hydrogens is 480 g/mol. The first-order chi connectivity index (χ1) is 18.3. The maximum Gasteiger partial charge on any atom is 0.274 e. The summed E-state index contributed by atoms with van der Waals surface area (Å²) >= 11 is 0. The molecule has 1 aromatic carbocycles. The molecule has 0 saturated carbocycles. The van der Waals surface area contributed by atoms with Crippen molar-refractivity contribution < 1.29 is 4.79 Å². The van der Waals surface area contributed by atoms with Crippen LogP contribution in [0.4, 0.5) is 5.95 Å². The van der Waals surface area contributed by atoms with Crippen molar-refractivity contribution in [2.45, 2.75) is 39.8 Å². The van der Waals surface area contributed by atoms with E-state index in [1.807, 2.05) is 53.8 Å². The molecule has 1 aliphatic rings. The molecular formula is C28H30N8O2. The second-order valence-electron chi connectivity index (χ2n) is 9.80. The Bertz CT molecular complexity index is 1610. The number of carbonyl (C=O) groups excluding carboxylic acids is 1. The van der Waals surface area contributed by atoms with Crippen LogP contribution in [0.5, 0.6) is 0 Å². The fraction of sp³-hybridized carbons (Fsp3) is 0.357. The van der Waals surface area contributed by atoms with Crippen molar-refractivity contribution in [1.82, 2.24) is 29.2 Å². The van der Waals surface area contributed by atoms with Crippen LogP contribution >= 0.6 is 0 Å². The summed E-state index contributed by atoms with van der Waals surface area (Å²) in [7, 11) is 1.75. The summed E-state index contributed by atoms with van der Waals surface area (Å²) in [6.45, 7) is 8.05. The molecule has 1 fully saturated rings. The van der Waals surface area contributed by atoms with Gasteiger partial charge >= 0.3 is 0 Å². The molecule has 0 aliphatic carbocycles. The molecule has 4 aromatic rings. The first-order valence-corrected chi connectivity index (χ1v) is 12.6. The van der Waals surface area contributed by atoms with Gasteiger partial charge in [0.15, 0.2) is 0 Å². The van der Waals surface area contributed by atoms with Gasteiger partial charge in [0.1, 0.15) is 0 Å². The quantitative estimate of drug-likeness (QED) is 0.406. The number of nitrogens with zero attached hydrogens (tertiary/aromatic N) is 8. The summed E-state index contributed by atoms with van der Waals surface area (Å²) in [6, 6.07) is 11.8. The van der Waals surface area contributed by atoms with Crippen LogP contribution in [0.2, 0.25) is 0 Å². The van der Waals surface area contributed by atoms with Gasteiger partial charge in [-0.3, -0.25) is 23.9 Å². The SMILES string of the molecule is CC(=O)N1CCN(c2ncc(-c3ccc4c(=O)n(C)n(Cc5nc(CC#N)ccc5C)c4c3)cn2)C[C@H]1C. The van der Waals surface area contributed by atoms with Gasteiger partial charge in [-0.25, -0.2) is 9.97 Å². The topological polar surface area (TPSA) is 113 Å². The third-order valence-electron chi connectivity index (χ3n) is 7.27. The van der Waals surface area contributed by atoms with Crippen molar-refractivity contribution >= 4 is 22.8 Å². The molecule has 1 aliphatic heterocycles. The Morgan fingerprint density at radius 3 is 2.58 bits per heavy atom. The number of hydrogen-bond donors (Lipinski definition) is 0. The first kappa shape index (κ1) is 25.1. The number of rotatable bonds is 5. The zero-order valence-electron chi connectivity index (χ0n) is 22.0. The van der Waals surface area contributed by atoms with E-state index in [1.165, 1.54) is 0 Å². The second-order valence-corrected chi connectivity index (χ2v) is 9.80. The normalized spacial score (nSPS) is 15.6. The molecule has 10 nitrogen and oxygen atoms in total. The predicted molar refractivity (Wildman–Crippen MR) is 145 cm³/mol. The van der Waals surface area contributed by atoms with E-state index in [1.54, 1.807) is 31.0 Å². The van der Waals surface area contributed by atoms with Crippen LogP contribution in [0, 0.1) is 18.3 Å². The van der Waals surface area contributed by atoms with Crippen LogP contribution in [0.3, 0.4) is 0 Å². The minimum atomic E-state index is -0.0807. The first-order valence-electron chi connectivity index (χ1n) is 12.6. The van der Waals surface area contributed by atoms with Crippen LogP contribution in [0.1, 0.15) is 30.8 Å². The second kappa shape index (κ2) is 10.1. The molecule has 0 spiro atoms. The molecule has 38 heavy (non-hydrogen) atoms. The molecule has 0 bridgehead atoms. The van der Waals surface area contributed by atoms with Crippen LogP contribution in [0.25, 0.3) is 22.0 Å². The van der Waals surface area contributed by atoms with Gasteiger partial charge in [-0.15, -0.1) is 0 Å². The van der Waals surface area contributed by atoms with Gasteiger partial charge < -0.3 is 9.80 Å². The highest BCUT2D eigenvalue weighted by molar-refractivity contribution is 5.84. The smallest absolute Gasteiger partial charge is 0.274 e. The molecule has 10 heteroatoms. The highest BCUT2D eigenvalue weighted by atomic mass is 16.2. The number of carbonyl (C=O) groups is 1. The Morgan fingerprint density at radius 1 is 1.13 bits per heavy atom. The van der Waals surface area contributed by atoms with Gasteiger partial charge in [-0.05, 0) is 43.2 Å². The summed E-state index contributed by atoms with van der Waals surface area (Å²) in [4.78, 5) is 42.6. The lowest BCUT2D eigenvalue weighted by Crippen LogP contribution is -2.53. The number of benzene rings is 1. The molecule has 1 atom stereocenters. The van der Waals surface area contributed by atoms with E-state index in [2.05, 4.69) is 25.9 Å². The number of aromatic nitrogens is 5. The molecule has 194 valence electrons. The van der Waals surface area contributed by atoms with Crippen molar-refractivity contribution in [3.63, 3.8) is 0 Å². The number of nitriles is 1. The fourth-order valence-electron chi connectivity index (χ4n) is 5.08. The molecule has 1 saturated heterocycles. The molecule has 3 aromatic heterocycles. The van der Waals surface area contributed by atoms with Gasteiger partial charge in [0.25, 0.3) is 5.56 Å². The summed E-state index contributed by atoms with van der Waals surface area (Å²) in [6.07, 6.45) is 3.84. The molecule has 1 amide bonds. The van der Waals surface area contributed by atoms with Crippen molar-refractivity contribution in [2.75, 3.05) is 24.5 Å². The van der Waals surface area contributed by atoms with Gasteiger partial charge in [0.05, 0.1) is 41.3 Å². The van der Waals surface area contributed by atoms with E-state index in [-0.39, 0.29) is 23.9 Å². The van der Waals surface area contributed by atoms with Gasteiger partial charge in [0, 0.05) is 57.6 Å². The fourth-order valence-corrected chi connectivity index (χ4v) is 5.08.